The molecule has 0 aromatic heterocycles. The summed E-state index contributed by atoms with van der Waals surface area (Å²) >= 11 is 0. The zero-order chi connectivity index (χ0) is 18.6. The van der Waals surface area contributed by atoms with E-state index in [0.717, 1.165) is 11.4 Å². The minimum absolute atomic E-state index is 0.299. The zero-order valence-corrected chi connectivity index (χ0v) is 15.9. The van der Waals surface area contributed by atoms with Gasteiger partial charge < -0.3 is 14.4 Å². The third-order valence-corrected chi connectivity index (χ3v) is 6.36. The van der Waals surface area contributed by atoms with Crippen LogP contribution in [0.25, 0.3) is 0 Å². The van der Waals surface area contributed by atoms with E-state index in [0.29, 0.717) is 43.4 Å². The lowest BCUT2D eigenvalue weighted by molar-refractivity contribution is 0.340. The zero-order valence-electron chi connectivity index (χ0n) is 15.1. The van der Waals surface area contributed by atoms with Gasteiger partial charge in [-0.2, -0.15) is 4.31 Å². The normalized spacial score (nSPS) is 15.7. The highest BCUT2D eigenvalue weighted by atomic mass is 32.2. The average Bonchev–Trinajstić information content (AvgIpc) is 2.69. The van der Waals surface area contributed by atoms with Gasteiger partial charge >= 0.3 is 0 Å². The first kappa shape index (κ1) is 18.5. The Morgan fingerprint density at radius 2 is 1.46 bits per heavy atom. The van der Waals surface area contributed by atoms with Gasteiger partial charge in [0.05, 0.1) is 18.6 Å². The lowest BCUT2D eigenvalue weighted by atomic mass is 10.2. The maximum absolute atomic E-state index is 12.8. The van der Waals surface area contributed by atoms with Gasteiger partial charge in [0.15, 0.2) is 0 Å². The number of ether oxygens (including phenoxy) is 2. The van der Waals surface area contributed by atoms with E-state index in [4.69, 9.17) is 9.47 Å². The van der Waals surface area contributed by atoms with Crippen molar-refractivity contribution in [3.63, 3.8) is 0 Å². The quantitative estimate of drug-likeness (QED) is 0.776. The number of anilines is 1. The maximum Gasteiger partial charge on any atom is 0.243 e. The first-order valence-corrected chi connectivity index (χ1v) is 10.1. The second-order valence-corrected chi connectivity index (χ2v) is 7.93. The lowest BCUT2D eigenvalue weighted by Gasteiger charge is -2.35. The standard InChI is InChI=1S/C19H24N2O4S/c1-3-25-18-6-4-16(5-7-18)20-12-14-21(15-13-20)26(22,23)19-10-8-17(24-2)9-11-19/h4-11H,3,12-15H2,1-2H3. The van der Waals surface area contributed by atoms with Crippen molar-refractivity contribution in [1.82, 2.24) is 4.31 Å². The van der Waals surface area contributed by atoms with E-state index in [-0.39, 0.29) is 0 Å². The number of methoxy groups -OCH3 is 1. The Morgan fingerprint density at radius 3 is 2.00 bits per heavy atom. The van der Waals surface area contributed by atoms with Crippen molar-refractivity contribution in [2.45, 2.75) is 11.8 Å². The summed E-state index contributed by atoms with van der Waals surface area (Å²) in [6.45, 7) is 4.83. The predicted octanol–water partition coefficient (Wildman–Crippen LogP) is 2.60. The molecule has 0 aliphatic carbocycles. The van der Waals surface area contributed by atoms with Gasteiger partial charge in [-0.15, -0.1) is 0 Å². The molecule has 6 nitrogen and oxygen atoms in total. The summed E-state index contributed by atoms with van der Waals surface area (Å²) in [6, 6.07) is 14.4. The number of sulfonamides is 1. The molecule has 0 radical (unpaired) electrons. The van der Waals surface area contributed by atoms with Gasteiger partial charge in [-0.05, 0) is 55.5 Å². The SMILES string of the molecule is CCOc1ccc(N2CCN(S(=O)(=O)c3ccc(OC)cc3)CC2)cc1. The van der Waals surface area contributed by atoms with E-state index in [1.165, 1.54) is 0 Å². The van der Waals surface area contributed by atoms with Crippen LogP contribution in [0.15, 0.2) is 53.4 Å². The molecule has 0 atom stereocenters. The summed E-state index contributed by atoms with van der Waals surface area (Å²) in [5.41, 5.74) is 1.08. The molecular weight excluding hydrogens is 352 g/mol. The summed E-state index contributed by atoms with van der Waals surface area (Å²) in [5.74, 6) is 1.49. The Kier molecular flexibility index (Phi) is 5.68. The summed E-state index contributed by atoms with van der Waals surface area (Å²) in [7, 11) is -1.92. The first-order valence-electron chi connectivity index (χ1n) is 8.66. The van der Waals surface area contributed by atoms with Crippen LogP contribution in [0.1, 0.15) is 6.92 Å². The predicted molar refractivity (Wildman–Crippen MR) is 102 cm³/mol. The van der Waals surface area contributed by atoms with Crippen LogP contribution >= 0.6 is 0 Å². The fourth-order valence-electron chi connectivity index (χ4n) is 3.00. The Hall–Kier alpha value is -2.25. The molecule has 0 unspecified atom stereocenters. The molecule has 3 rings (SSSR count). The average molecular weight is 376 g/mol. The van der Waals surface area contributed by atoms with Crippen LogP contribution in [0.3, 0.4) is 0 Å². The smallest absolute Gasteiger partial charge is 0.243 e. The number of rotatable bonds is 6. The number of hydrogen-bond donors (Lipinski definition) is 0. The molecule has 0 amide bonds. The van der Waals surface area contributed by atoms with Crippen molar-refractivity contribution in [2.24, 2.45) is 0 Å². The van der Waals surface area contributed by atoms with Gasteiger partial charge in [-0.1, -0.05) is 0 Å². The summed E-state index contributed by atoms with van der Waals surface area (Å²) in [4.78, 5) is 2.49. The number of piperazine rings is 1. The highest BCUT2D eigenvalue weighted by Crippen LogP contribution is 2.24. The monoisotopic (exact) mass is 376 g/mol. The van der Waals surface area contributed by atoms with Crippen LogP contribution in [0.4, 0.5) is 5.69 Å². The van der Waals surface area contributed by atoms with Crippen LogP contribution in [0, 0.1) is 0 Å². The summed E-state index contributed by atoms with van der Waals surface area (Å²) in [5, 5.41) is 0. The molecule has 1 aliphatic heterocycles. The molecule has 1 fully saturated rings. The number of hydrogen-bond acceptors (Lipinski definition) is 5. The Labute approximate surface area is 155 Å². The van der Waals surface area contributed by atoms with Crippen LogP contribution < -0.4 is 14.4 Å². The van der Waals surface area contributed by atoms with Crippen molar-refractivity contribution in [1.29, 1.82) is 0 Å². The van der Waals surface area contributed by atoms with Crippen LogP contribution in [0.5, 0.6) is 11.5 Å². The van der Waals surface area contributed by atoms with Crippen molar-refractivity contribution in [2.75, 3.05) is 44.8 Å². The van der Waals surface area contributed by atoms with E-state index in [1.54, 1.807) is 35.7 Å². The molecule has 26 heavy (non-hydrogen) atoms. The van der Waals surface area contributed by atoms with E-state index < -0.39 is 10.0 Å². The molecule has 1 aliphatic rings. The molecular formula is C19H24N2O4S. The fraction of sp³-hybridized carbons (Fsp3) is 0.368. The Morgan fingerprint density at radius 1 is 0.885 bits per heavy atom. The topological polar surface area (TPSA) is 59.1 Å². The van der Waals surface area contributed by atoms with Gasteiger partial charge in [0, 0.05) is 31.9 Å². The van der Waals surface area contributed by atoms with Gasteiger partial charge in [-0.3, -0.25) is 0 Å². The summed E-state index contributed by atoms with van der Waals surface area (Å²) in [6.07, 6.45) is 0. The van der Waals surface area contributed by atoms with Crippen LogP contribution in [-0.2, 0) is 10.0 Å². The highest BCUT2D eigenvalue weighted by Gasteiger charge is 2.28. The van der Waals surface area contributed by atoms with Crippen molar-refractivity contribution >= 4 is 15.7 Å². The number of nitrogens with zero attached hydrogens (tertiary/aromatic N) is 2. The minimum atomic E-state index is -3.48. The first-order chi connectivity index (χ1) is 12.5. The molecule has 1 saturated heterocycles. The summed E-state index contributed by atoms with van der Waals surface area (Å²) < 4.78 is 37.7. The van der Waals surface area contributed by atoms with E-state index >= 15 is 0 Å². The van der Waals surface area contributed by atoms with Gasteiger partial charge in [-0.25, -0.2) is 8.42 Å². The number of benzene rings is 2. The highest BCUT2D eigenvalue weighted by molar-refractivity contribution is 7.89. The molecule has 140 valence electrons. The molecule has 2 aromatic rings. The second-order valence-electron chi connectivity index (χ2n) is 5.99. The second kappa shape index (κ2) is 7.97. The van der Waals surface area contributed by atoms with Crippen molar-refractivity contribution < 1.29 is 17.9 Å². The van der Waals surface area contributed by atoms with Gasteiger partial charge in [0.25, 0.3) is 0 Å². The molecule has 7 heteroatoms. The molecule has 0 bridgehead atoms. The van der Waals surface area contributed by atoms with E-state index in [1.807, 2.05) is 31.2 Å². The van der Waals surface area contributed by atoms with Crippen molar-refractivity contribution in [3.05, 3.63) is 48.5 Å². The molecule has 0 saturated carbocycles. The van der Waals surface area contributed by atoms with Crippen LogP contribution in [-0.4, -0.2) is 52.6 Å². The van der Waals surface area contributed by atoms with E-state index in [9.17, 15) is 8.42 Å². The third-order valence-electron chi connectivity index (χ3n) is 4.45. The molecule has 1 heterocycles. The Balaban J connectivity index is 1.65. The van der Waals surface area contributed by atoms with E-state index in [2.05, 4.69) is 4.90 Å². The molecule has 0 spiro atoms. The van der Waals surface area contributed by atoms with Gasteiger partial charge in [0.2, 0.25) is 10.0 Å². The fourth-order valence-corrected chi connectivity index (χ4v) is 4.43. The van der Waals surface area contributed by atoms with Gasteiger partial charge in [0.1, 0.15) is 11.5 Å². The van der Waals surface area contributed by atoms with Crippen LogP contribution in [0.2, 0.25) is 0 Å². The lowest BCUT2D eigenvalue weighted by Crippen LogP contribution is -2.48. The van der Waals surface area contributed by atoms with Crippen molar-refractivity contribution in [3.8, 4) is 11.5 Å². The third kappa shape index (κ3) is 3.94. The largest absolute Gasteiger partial charge is 0.497 e. The Bertz CT molecular complexity index is 812. The molecule has 2 aromatic carbocycles. The maximum atomic E-state index is 12.8. The minimum Gasteiger partial charge on any atom is -0.497 e. The molecule has 0 N–H and O–H groups in total.